The molecule has 0 radical (unpaired) electrons. The van der Waals surface area contributed by atoms with Crippen LogP contribution in [0.1, 0.15) is 50.2 Å². The summed E-state index contributed by atoms with van der Waals surface area (Å²) in [4.78, 5) is 12.7. The number of nitrogen functional groups attached to an aromatic ring is 1. The molecule has 0 atom stereocenters. The first-order valence-electron chi connectivity index (χ1n) is 6.53. The Bertz CT molecular complexity index is 458. The van der Waals surface area contributed by atoms with Crippen LogP contribution in [-0.4, -0.2) is 11.3 Å². The van der Waals surface area contributed by atoms with Gasteiger partial charge in [-0.15, -0.1) is 11.3 Å². The van der Waals surface area contributed by atoms with Crippen molar-refractivity contribution in [3.63, 3.8) is 0 Å². The van der Waals surface area contributed by atoms with Crippen LogP contribution in [0.2, 0.25) is 0 Å². The van der Waals surface area contributed by atoms with Gasteiger partial charge in [0, 0.05) is 11.5 Å². The molecule has 4 heteroatoms. The largest absolute Gasteiger partial charge is 0.397 e. The lowest BCUT2D eigenvalue weighted by Gasteiger charge is -2.26. The van der Waals surface area contributed by atoms with Gasteiger partial charge in [-0.1, -0.05) is 13.8 Å². The zero-order valence-electron chi connectivity index (χ0n) is 11.5. The quantitative estimate of drug-likeness (QED) is 0.798. The number of carbonyl (C=O) groups excluding carboxylic acids is 1. The molecule has 0 spiro atoms. The van der Waals surface area contributed by atoms with E-state index in [9.17, 15) is 4.79 Å². The van der Waals surface area contributed by atoms with E-state index in [2.05, 4.69) is 19.2 Å². The molecule has 100 valence electrons. The van der Waals surface area contributed by atoms with Gasteiger partial charge in [-0.3, -0.25) is 4.79 Å². The Balaban J connectivity index is 2.16. The van der Waals surface area contributed by atoms with Crippen molar-refractivity contribution >= 4 is 27.8 Å². The Morgan fingerprint density at radius 1 is 1.50 bits per heavy atom. The Hall–Kier alpha value is -1.03. The molecule has 0 amide bonds. The van der Waals surface area contributed by atoms with Crippen molar-refractivity contribution in [1.29, 1.82) is 0 Å². The minimum atomic E-state index is -0.00441. The van der Waals surface area contributed by atoms with Crippen LogP contribution < -0.4 is 11.1 Å². The molecule has 3 nitrogen and oxygen atoms in total. The molecule has 0 bridgehead atoms. The summed E-state index contributed by atoms with van der Waals surface area (Å²) in [5, 5.41) is 4.53. The Labute approximate surface area is 113 Å². The number of nitrogens with one attached hydrogen (secondary N) is 1. The number of Topliss-reactive ketones (excluding diaryl/α,β-unsaturated/α-hetero) is 1. The van der Waals surface area contributed by atoms with Crippen molar-refractivity contribution in [2.75, 3.05) is 11.1 Å². The van der Waals surface area contributed by atoms with Crippen LogP contribution in [0, 0.1) is 11.8 Å². The fourth-order valence-electron chi connectivity index (χ4n) is 2.15. The molecule has 1 aliphatic carbocycles. The standard InChI is InChI=1S/C14H22N2OS/c1-8(2)12(17)13-10(15)7-11(18-13)16-14(3,4)9-5-6-9/h7-9,16H,5-6,15H2,1-4H3. The molecule has 0 aromatic carbocycles. The van der Waals surface area contributed by atoms with Crippen LogP contribution in [-0.2, 0) is 0 Å². The van der Waals surface area contributed by atoms with Crippen molar-refractivity contribution in [2.45, 2.75) is 46.1 Å². The predicted octanol–water partition coefficient (Wildman–Crippen LogP) is 3.77. The number of carbonyl (C=O) groups is 1. The molecule has 1 saturated carbocycles. The van der Waals surface area contributed by atoms with Gasteiger partial charge >= 0.3 is 0 Å². The van der Waals surface area contributed by atoms with Crippen molar-refractivity contribution in [3.05, 3.63) is 10.9 Å². The number of anilines is 2. The average molecular weight is 266 g/mol. The van der Waals surface area contributed by atoms with Gasteiger partial charge in [0.2, 0.25) is 0 Å². The van der Waals surface area contributed by atoms with Crippen LogP contribution in [0.4, 0.5) is 10.7 Å². The van der Waals surface area contributed by atoms with Gasteiger partial charge in [0.05, 0.1) is 15.6 Å². The first-order chi connectivity index (χ1) is 8.31. The van der Waals surface area contributed by atoms with E-state index in [1.54, 1.807) is 0 Å². The summed E-state index contributed by atoms with van der Waals surface area (Å²) in [6, 6.07) is 1.89. The van der Waals surface area contributed by atoms with Gasteiger partial charge in [-0.2, -0.15) is 0 Å². The lowest BCUT2D eigenvalue weighted by Crippen LogP contribution is -2.32. The molecule has 1 aromatic heterocycles. The van der Waals surface area contributed by atoms with Crippen molar-refractivity contribution < 1.29 is 4.79 Å². The molecule has 2 rings (SSSR count). The Morgan fingerprint density at radius 3 is 2.61 bits per heavy atom. The van der Waals surface area contributed by atoms with E-state index in [0.29, 0.717) is 10.6 Å². The maximum Gasteiger partial charge on any atom is 0.177 e. The third kappa shape index (κ3) is 2.69. The summed E-state index contributed by atoms with van der Waals surface area (Å²) in [6.07, 6.45) is 2.58. The third-order valence-corrected chi connectivity index (χ3v) is 4.63. The van der Waals surface area contributed by atoms with E-state index in [4.69, 9.17) is 5.73 Å². The zero-order chi connectivity index (χ0) is 13.5. The highest BCUT2D eigenvalue weighted by Crippen LogP contribution is 2.42. The van der Waals surface area contributed by atoms with E-state index in [0.717, 1.165) is 10.9 Å². The minimum Gasteiger partial charge on any atom is -0.397 e. The summed E-state index contributed by atoms with van der Waals surface area (Å²) in [5.74, 6) is 0.870. The van der Waals surface area contributed by atoms with E-state index in [1.807, 2.05) is 19.9 Å². The van der Waals surface area contributed by atoms with E-state index >= 15 is 0 Å². The summed E-state index contributed by atoms with van der Waals surface area (Å²) in [7, 11) is 0. The van der Waals surface area contributed by atoms with Crippen LogP contribution in [0.5, 0.6) is 0 Å². The molecular formula is C14H22N2OS. The van der Waals surface area contributed by atoms with Gasteiger partial charge in [0.1, 0.15) is 0 Å². The third-order valence-electron chi connectivity index (χ3n) is 3.55. The fourth-order valence-corrected chi connectivity index (χ4v) is 3.38. The second-order valence-corrected chi connectivity index (χ2v) is 7.09. The highest BCUT2D eigenvalue weighted by molar-refractivity contribution is 7.18. The van der Waals surface area contributed by atoms with Crippen LogP contribution in [0.25, 0.3) is 0 Å². The van der Waals surface area contributed by atoms with Gasteiger partial charge < -0.3 is 11.1 Å². The monoisotopic (exact) mass is 266 g/mol. The molecule has 0 aliphatic heterocycles. The molecule has 3 N–H and O–H groups in total. The normalized spacial score (nSPS) is 16.1. The number of hydrogen-bond acceptors (Lipinski definition) is 4. The molecule has 18 heavy (non-hydrogen) atoms. The van der Waals surface area contributed by atoms with Gasteiger partial charge in [-0.25, -0.2) is 0 Å². The van der Waals surface area contributed by atoms with E-state index in [-0.39, 0.29) is 17.2 Å². The second-order valence-electron chi connectivity index (χ2n) is 6.04. The van der Waals surface area contributed by atoms with Crippen LogP contribution in [0.15, 0.2) is 6.07 Å². The molecule has 0 saturated heterocycles. The maximum absolute atomic E-state index is 12.0. The van der Waals surface area contributed by atoms with Gasteiger partial charge in [0.15, 0.2) is 5.78 Å². The average Bonchev–Trinajstić information content (AvgIpc) is 3.03. The van der Waals surface area contributed by atoms with Crippen LogP contribution >= 0.6 is 11.3 Å². The molecular weight excluding hydrogens is 244 g/mol. The number of hydrogen-bond donors (Lipinski definition) is 2. The van der Waals surface area contributed by atoms with Gasteiger partial charge in [0.25, 0.3) is 0 Å². The summed E-state index contributed by atoms with van der Waals surface area (Å²) in [5.41, 5.74) is 6.64. The predicted molar refractivity (Wildman–Crippen MR) is 78.3 cm³/mol. The number of nitrogens with two attached hydrogens (primary N) is 1. The SMILES string of the molecule is CC(C)C(=O)c1sc(NC(C)(C)C2CC2)cc1N. The highest BCUT2D eigenvalue weighted by atomic mass is 32.1. The van der Waals surface area contributed by atoms with E-state index < -0.39 is 0 Å². The Morgan fingerprint density at radius 2 is 2.11 bits per heavy atom. The Kier molecular flexibility index (Phi) is 3.41. The maximum atomic E-state index is 12.0. The van der Waals surface area contributed by atoms with E-state index in [1.165, 1.54) is 24.2 Å². The van der Waals surface area contributed by atoms with Crippen LogP contribution in [0.3, 0.4) is 0 Å². The highest BCUT2D eigenvalue weighted by Gasteiger charge is 2.38. The second kappa shape index (κ2) is 4.57. The first-order valence-corrected chi connectivity index (χ1v) is 7.34. The minimum absolute atomic E-state index is 0.00441. The van der Waals surface area contributed by atoms with Crippen molar-refractivity contribution in [2.24, 2.45) is 11.8 Å². The number of rotatable bonds is 5. The topological polar surface area (TPSA) is 55.1 Å². The number of thiophene rings is 1. The summed E-state index contributed by atoms with van der Waals surface area (Å²) >= 11 is 1.48. The molecule has 1 aliphatic rings. The molecule has 1 heterocycles. The van der Waals surface area contributed by atoms with Crippen molar-refractivity contribution in [3.8, 4) is 0 Å². The summed E-state index contributed by atoms with van der Waals surface area (Å²) in [6.45, 7) is 8.24. The molecule has 0 unspecified atom stereocenters. The fraction of sp³-hybridized carbons (Fsp3) is 0.643. The lowest BCUT2D eigenvalue weighted by atomic mass is 9.99. The lowest BCUT2D eigenvalue weighted by molar-refractivity contribution is 0.0944. The molecule has 1 aromatic rings. The molecule has 1 fully saturated rings. The number of ketones is 1. The summed E-state index contributed by atoms with van der Waals surface area (Å²) < 4.78 is 0. The smallest absolute Gasteiger partial charge is 0.177 e. The zero-order valence-corrected chi connectivity index (χ0v) is 12.4. The first kappa shape index (κ1) is 13.4. The van der Waals surface area contributed by atoms with Gasteiger partial charge in [-0.05, 0) is 38.7 Å². The van der Waals surface area contributed by atoms with Crippen molar-refractivity contribution in [1.82, 2.24) is 0 Å².